The van der Waals surface area contributed by atoms with Crippen molar-refractivity contribution in [1.82, 2.24) is 9.97 Å². The van der Waals surface area contributed by atoms with Gasteiger partial charge in [0.25, 0.3) is 0 Å². The van der Waals surface area contributed by atoms with E-state index in [1.165, 1.54) is 0 Å². The Hall–Kier alpha value is -0.570. The lowest BCUT2D eigenvalue weighted by molar-refractivity contribution is 0.480. The SMILES string of the molecule is CCc1cc(SCC(C)(C)C)ncn1. The number of rotatable bonds is 3. The molecule has 0 unspecified atom stereocenters. The molecule has 0 aromatic carbocycles. The van der Waals surface area contributed by atoms with Crippen LogP contribution in [0.2, 0.25) is 0 Å². The highest BCUT2D eigenvalue weighted by molar-refractivity contribution is 7.99. The second kappa shape index (κ2) is 4.78. The zero-order chi connectivity index (χ0) is 10.6. The lowest BCUT2D eigenvalue weighted by atomic mass is 10.0. The van der Waals surface area contributed by atoms with Crippen molar-refractivity contribution in [2.24, 2.45) is 5.41 Å². The van der Waals surface area contributed by atoms with Crippen molar-refractivity contribution in [1.29, 1.82) is 0 Å². The highest BCUT2D eigenvalue weighted by Gasteiger charge is 2.11. The Kier molecular flexibility index (Phi) is 3.93. The van der Waals surface area contributed by atoms with Crippen molar-refractivity contribution in [3.8, 4) is 0 Å². The molecule has 14 heavy (non-hydrogen) atoms. The van der Waals surface area contributed by atoms with E-state index in [-0.39, 0.29) is 0 Å². The molecule has 0 saturated heterocycles. The minimum absolute atomic E-state index is 0.349. The lowest BCUT2D eigenvalue weighted by Gasteiger charge is -2.16. The number of thioether (sulfide) groups is 1. The number of nitrogens with zero attached hydrogens (tertiary/aromatic N) is 2. The van der Waals surface area contributed by atoms with E-state index < -0.39 is 0 Å². The second-order valence-corrected chi connectivity index (χ2v) is 5.55. The Labute approximate surface area is 90.5 Å². The summed E-state index contributed by atoms with van der Waals surface area (Å²) in [4.78, 5) is 8.42. The first kappa shape index (κ1) is 11.5. The van der Waals surface area contributed by atoms with E-state index in [0.29, 0.717) is 5.41 Å². The van der Waals surface area contributed by atoms with Crippen LogP contribution in [0.1, 0.15) is 33.4 Å². The van der Waals surface area contributed by atoms with Crippen LogP contribution in [0, 0.1) is 5.41 Å². The smallest absolute Gasteiger partial charge is 0.116 e. The summed E-state index contributed by atoms with van der Waals surface area (Å²) in [5, 5.41) is 1.09. The molecule has 0 radical (unpaired) electrons. The van der Waals surface area contributed by atoms with Gasteiger partial charge in [0.05, 0.1) is 5.03 Å². The molecule has 0 atom stereocenters. The van der Waals surface area contributed by atoms with Gasteiger partial charge in [0, 0.05) is 11.4 Å². The predicted octanol–water partition coefficient (Wildman–Crippen LogP) is 3.18. The summed E-state index contributed by atoms with van der Waals surface area (Å²) in [6.45, 7) is 8.83. The maximum absolute atomic E-state index is 4.24. The maximum atomic E-state index is 4.24. The van der Waals surface area contributed by atoms with Crippen molar-refractivity contribution in [3.63, 3.8) is 0 Å². The highest BCUT2D eigenvalue weighted by atomic mass is 32.2. The molecule has 0 aliphatic rings. The van der Waals surface area contributed by atoms with Gasteiger partial charge < -0.3 is 0 Å². The molecule has 3 heteroatoms. The normalized spacial score (nSPS) is 11.7. The summed E-state index contributed by atoms with van der Waals surface area (Å²) in [6, 6.07) is 2.08. The molecule has 0 spiro atoms. The van der Waals surface area contributed by atoms with Crippen LogP contribution in [-0.4, -0.2) is 15.7 Å². The van der Waals surface area contributed by atoms with Gasteiger partial charge in [-0.25, -0.2) is 9.97 Å². The Morgan fingerprint density at radius 3 is 2.57 bits per heavy atom. The monoisotopic (exact) mass is 210 g/mol. The number of hydrogen-bond donors (Lipinski definition) is 0. The van der Waals surface area contributed by atoms with Crippen LogP contribution in [0.4, 0.5) is 0 Å². The van der Waals surface area contributed by atoms with Gasteiger partial charge in [-0.2, -0.15) is 0 Å². The first-order valence-corrected chi connectivity index (χ1v) is 5.93. The van der Waals surface area contributed by atoms with Crippen molar-refractivity contribution < 1.29 is 0 Å². The number of aryl methyl sites for hydroxylation is 1. The minimum Gasteiger partial charge on any atom is -0.241 e. The van der Waals surface area contributed by atoms with E-state index in [0.717, 1.165) is 22.9 Å². The van der Waals surface area contributed by atoms with Crippen molar-refractivity contribution in [2.45, 2.75) is 39.1 Å². The molecule has 0 N–H and O–H groups in total. The highest BCUT2D eigenvalue weighted by Crippen LogP contribution is 2.25. The topological polar surface area (TPSA) is 25.8 Å². The molecule has 0 amide bonds. The molecule has 0 bridgehead atoms. The Bertz CT molecular complexity index is 292. The summed E-state index contributed by atoms with van der Waals surface area (Å²) >= 11 is 1.81. The summed E-state index contributed by atoms with van der Waals surface area (Å²) in [7, 11) is 0. The molecule has 1 aromatic rings. The molecule has 0 aliphatic carbocycles. The molecule has 1 heterocycles. The van der Waals surface area contributed by atoms with Gasteiger partial charge in [-0.3, -0.25) is 0 Å². The fourth-order valence-electron chi connectivity index (χ4n) is 0.940. The second-order valence-electron chi connectivity index (χ2n) is 4.55. The van der Waals surface area contributed by atoms with Crippen LogP contribution in [-0.2, 0) is 6.42 Å². The van der Waals surface area contributed by atoms with Crippen LogP contribution in [0.5, 0.6) is 0 Å². The van der Waals surface area contributed by atoms with Crippen LogP contribution in [0.25, 0.3) is 0 Å². The van der Waals surface area contributed by atoms with Gasteiger partial charge in [0.1, 0.15) is 6.33 Å². The predicted molar refractivity (Wildman–Crippen MR) is 61.6 cm³/mol. The van der Waals surface area contributed by atoms with E-state index in [1.54, 1.807) is 18.1 Å². The largest absolute Gasteiger partial charge is 0.241 e. The fraction of sp³-hybridized carbons (Fsp3) is 0.636. The zero-order valence-electron chi connectivity index (χ0n) is 9.37. The lowest BCUT2D eigenvalue weighted by Crippen LogP contribution is -2.08. The van der Waals surface area contributed by atoms with E-state index in [1.807, 2.05) is 0 Å². The summed E-state index contributed by atoms with van der Waals surface area (Å²) in [6.07, 6.45) is 2.63. The number of aromatic nitrogens is 2. The van der Waals surface area contributed by atoms with Crippen LogP contribution >= 0.6 is 11.8 Å². The van der Waals surface area contributed by atoms with Gasteiger partial charge in [0.15, 0.2) is 0 Å². The van der Waals surface area contributed by atoms with E-state index in [2.05, 4.69) is 43.7 Å². The van der Waals surface area contributed by atoms with Crippen LogP contribution in [0.3, 0.4) is 0 Å². The van der Waals surface area contributed by atoms with Crippen LogP contribution in [0.15, 0.2) is 17.4 Å². The first-order valence-electron chi connectivity index (χ1n) is 4.95. The Balaban J connectivity index is 2.59. The molecule has 1 aromatic heterocycles. The minimum atomic E-state index is 0.349. The zero-order valence-corrected chi connectivity index (χ0v) is 10.2. The third-order valence-corrected chi connectivity index (χ3v) is 3.24. The van der Waals surface area contributed by atoms with Gasteiger partial charge in [-0.05, 0) is 17.9 Å². The number of hydrogen-bond acceptors (Lipinski definition) is 3. The van der Waals surface area contributed by atoms with Crippen molar-refractivity contribution in [3.05, 3.63) is 18.1 Å². The Morgan fingerprint density at radius 2 is 2.00 bits per heavy atom. The molecule has 2 nitrogen and oxygen atoms in total. The molecule has 0 saturated carbocycles. The first-order chi connectivity index (χ1) is 6.51. The molecular formula is C11H18N2S. The van der Waals surface area contributed by atoms with Crippen molar-refractivity contribution in [2.75, 3.05) is 5.75 Å². The van der Waals surface area contributed by atoms with E-state index >= 15 is 0 Å². The molecule has 1 rings (SSSR count). The van der Waals surface area contributed by atoms with Crippen molar-refractivity contribution >= 4 is 11.8 Å². The quantitative estimate of drug-likeness (QED) is 0.566. The van der Waals surface area contributed by atoms with E-state index in [4.69, 9.17) is 0 Å². The standard InChI is InChI=1S/C11H18N2S/c1-5-9-6-10(13-8-12-9)14-7-11(2,3)4/h6,8H,5,7H2,1-4H3. The third-order valence-electron chi connectivity index (χ3n) is 1.71. The summed E-state index contributed by atoms with van der Waals surface area (Å²) in [5.74, 6) is 1.09. The molecule has 0 aliphatic heterocycles. The van der Waals surface area contributed by atoms with E-state index in [9.17, 15) is 0 Å². The van der Waals surface area contributed by atoms with Gasteiger partial charge in [-0.1, -0.05) is 27.7 Å². The van der Waals surface area contributed by atoms with Gasteiger partial charge in [0.2, 0.25) is 0 Å². The average Bonchev–Trinajstić information content (AvgIpc) is 2.14. The third kappa shape index (κ3) is 4.09. The van der Waals surface area contributed by atoms with Crippen LogP contribution < -0.4 is 0 Å². The Morgan fingerprint density at radius 1 is 1.29 bits per heavy atom. The fourth-order valence-corrected chi connectivity index (χ4v) is 1.86. The molecular weight excluding hydrogens is 192 g/mol. The summed E-state index contributed by atoms with van der Waals surface area (Å²) < 4.78 is 0. The molecule has 0 fully saturated rings. The summed E-state index contributed by atoms with van der Waals surface area (Å²) in [5.41, 5.74) is 1.47. The average molecular weight is 210 g/mol. The maximum Gasteiger partial charge on any atom is 0.116 e. The van der Waals surface area contributed by atoms with Gasteiger partial charge >= 0.3 is 0 Å². The molecule has 78 valence electrons. The van der Waals surface area contributed by atoms with Gasteiger partial charge in [-0.15, -0.1) is 11.8 Å².